The van der Waals surface area contributed by atoms with Crippen LogP contribution >= 0.6 is 23.1 Å². The molecule has 3 heteroatoms. The molecule has 0 unspecified atom stereocenters. The molecular formula is C11H19NS2. The van der Waals surface area contributed by atoms with Gasteiger partial charge in [0.15, 0.2) is 0 Å². The lowest BCUT2D eigenvalue weighted by molar-refractivity contribution is 0.647. The number of nitrogens with one attached hydrogen (secondary N) is 1. The van der Waals surface area contributed by atoms with Crippen molar-refractivity contribution in [3.8, 4) is 0 Å². The zero-order chi connectivity index (χ0) is 10.2. The van der Waals surface area contributed by atoms with Gasteiger partial charge in [-0.2, -0.15) is 11.8 Å². The smallest absolute Gasteiger partial charge is 0.0302 e. The van der Waals surface area contributed by atoms with E-state index in [2.05, 4.69) is 29.9 Å². The Morgan fingerprint density at radius 1 is 1.43 bits per heavy atom. The van der Waals surface area contributed by atoms with Crippen LogP contribution in [0.15, 0.2) is 11.4 Å². The standard InChI is InChI=1S/C11H19NS2/c1-10-5-8-14-11(10)9-12-6-3-4-7-13-2/h5,8,12H,3-4,6-7,9H2,1-2H3. The maximum absolute atomic E-state index is 3.49. The van der Waals surface area contributed by atoms with Crippen LogP contribution in [-0.2, 0) is 6.54 Å². The Labute approximate surface area is 95.3 Å². The second-order valence-corrected chi connectivity index (χ2v) is 5.39. The summed E-state index contributed by atoms with van der Waals surface area (Å²) in [6, 6.07) is 2.19. The third-order valence-corrected chi connectivity index (χ3v) is 3.93. The van der Waals surface area contributed by atoms with Crippen molar-refractivity contribution in [1.82, 2.24) is 5.32 Å². The van der Waals surface area contributed by atoms with E-state index in [0.29, 0.717) is 0 Å². The normalized spacial score (nSPS) is 10.7. The van der Waals surface area contributed by atoms with Crippen molar-refractivity contribution in [2.24, 2.45) is 0 Å². The summed E-state index contributed by atoms with van der Waals surface area (Å²) in [5.74, 6) is 1.29. The highest BCUT2D eigenvalue weighted by Crippen LogP contribution is 2.14. The SMILES string of the molecule is CSCCCCNCc1sccc1C. The number of thioether (sulfide) groups is 1. The van der Waals surface area contributed by atoms with Gasteiger partial charge in [-0.05, 0) is 55.3 Å². The lowest BCUT2D eigenvalue weighted by Gasteiger charge is -2.03. The first-order valence-corrected chi connectivity index (χ1v) is 7.34. The van der Waals surface area contributed by atoms with Crippen molar-refractivity contribution < 1.29 is 0 Å². The van der Waals surface area contributed by atoms with E-state index in [1.165, 1.54) is 29.0 Å². The van der Waals surface area contributed by atoms with Gasteiger partial charge in [-0.3, -0.25) is 0 Å². The van der Waals surface area contributed by atoms with Crippen LogP contribution < -0.4 is 5.32 Å². The molecule has 0 atom stereocenters. The van der Waals surface area contributed by atoms with Crippen LogP contribution in [-0.4, -0.2) is 18.6 Å². The summed E-state index contributed by atoms with van der Waals surface area (Å²) in [4.78, 5) is 1.48. The summed E-state index contributed by atoms with van der Waals surface area (Å²) in [6.07, 6.45) is 4.80. The minimum absolute atomic E-state index is 1.04. The number of thiophene rings is 1. The van der Waals surface area contributed by atoms with Crippen LogP contribution in [0.4, 0.5) is 0 Å². The predicted octanol–water partition coefficient (Wildman–Crippen LogP) is 3.29. The molecule has 1 heterocycles. The van der Waals surface area contributed by atoms with Gasteiger partial charge in [-0.1, -0.05) is 0 Å². The zero-order valence-electron chi connectivity index (χ0n) is 9.01. The van der Waals surface area contributed by atoms with Crippen molar-refractivity contribution in [2.45, 2.75) is 26.3 Å². The van der Waals surface area contributed by atoms with Gasteiger partial charge in [-0.15, -0.1) is 11.3 Å². The van der Waals surface area contributed by atoms with Crippen molar-refractivity contribution in [3.63, 3.8) is 0 Å². The molecule has 0 fully saturated rings. The molecule has 0 aliphatic carbocycles. The van der Waals surface area contributed by atoms with Crippen molar-refractivity contribution in [2.75, 3.05) is 18.6 Å². The van der Waals surface area contributed by atoms with Crippen molar-refractivity contribution in [1.29, 1.82) is 0 Å². The van der Waals surface area contributed by atoms with E-state index < -0.39 is 0 Å². The Balaban J connectivity index is 2.02. The molecule has 1 rings (SSSR count). The largest absolute Gasteiger partial charge is 0.312 e. The van der Waals surface area contributed by atoms with Gasteiger partial charge in [0.2, 0.25) is 0 Å². The predicted molar refractivity (Wildman–Crippen MR) is 68.4 cm³/mol. The minimum atomic E-state index is 1.04. The van der Waals surface area contributed by atoms with E-state index in [0.717, 1.165) is 13.1 Å². The third kappa shape index (κ3) is 4.49. The molecule has 0 bridgehead atoms. The number of rotatable bonds is 7. The van der Waals surface area contributed by atoms with Crippen LogP contribution in [0.25, 0.3) is 0 Å². The van der Waals surface area contributed by atoms with Crippen LogP contribution in [0.3, 0.4) is 0 Å². The lowest BCUT2D eigenvalue weighted by Crippen LogP contribution is -2.14. The van der Waals surface area contributed by atoms with Crippen LogP contribution in [0, 0.1) is 6.92 Å². The molecule has 0 saturated carbocycles. The van der Waals surface area contributed by atoms with Crippen LogP contribution in [0.1, 0.15) is 23.3 Å². The average molecular weight is 229 g/mol. The molecule has 0 spiro atoms. The van der Waals surface area contributed by atoms with Crippen molar-refractivity contribution in [3.05, 3.63) is 21.9 Å². The molecule has 0 radical (unpaired) electrons. The van der Waals surface area contributed by atoms with E-state index in [9.17, 15) is 0 Å². The molecule has 1 aromatic heterocycles. The van der Waals surface area contributed by atoms with E-state index >= 15 is 0 Å². The van der Waals surface area contributed by atoms with Gasteiger partial charge < -0.3 is 5.32 Å². The highest BCUT2D eigenvalue weighted by Gasteiger charge is 1.97. The van der Waals surface area contributed by atoms with Gasteiger partial charge in [0.05, 0.1) is 0 Å². The molecule has 1 nitrogen and oxygen atoms in total. The third-order valence-electron chi connectivity index (χ3n) is 2.21. The van der Waals surface area contributed by atoms with Gasteiger partial charge in [0.25, 0.3) is 0 Å². The van der Waals surface area contributed by atoms with Crippen LogP contribution in [0.2, 0.25) is 0 Å². The van der Waals surface area contributed by atoms with E-state index in [1.54, 1.807) is 0 Å². The molecule has 0 aliphatic rings. The fourth-order valence-electron chi connectivity index (χ4n) is 1.28. The fraction of sp³-hybridized carbons (Fsp3) is 0.636. The monoisotopic (exact) mass is 229 g/mol. The first-order chi connectivity index (χ1) is 6.84. The average Bonchev–Trinajstić information content (AvgIpc) is 2.58. The highest BCUT2D eigenvalue weighted by atomic mass is 32.2. The Hall–Kier alpha value is 0.0100. The molecule has 0 saturated heterocycles. The molecule has 80 valence electrons. The Kier molecular flexibility index (Phi) is 6.32. The second-order valence-electron chi connectivity index (χ2n) is 3.40. The van der Waals surface area contributed by atoms with Crippen LogP contribution in [0.5, 0.6) is 0 Å². The minimum Gasteiger partial charge on any atom is -0.312 e. The summed E-state index contributed by atoms with van der Waals surface area (Å²) in [6.45, 7) is 4.38. The molecular weight excluding hydrogens is 210 g/mol. The second kappa shape index (κ2) is 7.32. The maximum Gasteiger partial charge on any atom is 0.0302 e. The molecule has 0 aromatic carbocycles. The number of unbranched alkanes of at least 4 members (excludes halogenated alkanes) is 1. The topological polar surface area (TPSA) is 12.0 Å². The fourth-order valence-corrected chi connectivity index (χ4v) is 2.65. The first-order valence-electron chi connectivity index (χ1n) is 5.07. The maximum atomic E-state index is 3.49. The molecule has 0 amide bonds. The van der Waals surface area contributed by atoms with Gasteiger partial charge >= 0.3 is 0 Å². The Morgan fingerprint density at radius 2 is 2.29 bits per heavy atom. The summed E-state index contributed by atoms with van der Waals surface area (Å²) in [5, 5.41) is 5.66. The van der Waals surface area contributed by atoms with E-state index in [4.69, 9.17) is 0 Å². The Morgan fingerprint density at radius 3 is 2.93 bits per heavy atom. The highest BCUT2D eigenvalue weighted by molar-refractivity contribution is 7.98. The van der Waals surface area contributed by atoms with Crippen molar-refractivity contribution >= 4 is 23.1 Å². The number of aryl methyl sites for hydroxylation is 1. The summed E-state index contributed by atoms with van der Waals surface area (Å²) in [7, 11) is 0. The Bertz CT molecular complexity index is 245. The van der Waals surface area contributed by atoms with E-state index in [1.807, 2.05) is 23.1 Å². The summed E-state index contributed by atoms with van der Waals surface area (Å²) in [5.41, 5.74) is 1.42. The van der Waals surface area contributed by atoms with Gasteiger partial charge in [0.1, 0.15) is 0 Å². The summed E-state index contributed by atoms with van der Waals surface area (Å²) < 4.78 is 0. The molecule has 0 aliphatic heterocycles. The number of hydrogen-bond acceptors (Lipinski definition) is 3. The van der Waals surface area contributed by atoms with Gasteiger partial charge in [-0.25, -0.2) is 0 Å². The number of hydrogen-bond donors (Lipinski definition) is 1. The lowest BCUT2D eigenvalue weighted by atomic mass is 10.3. The molecule has 1 N–H and O–H groups in total. The summed E-state index contributed by atoms with van der Waals surface area (Å²) >= 11 is 3.79. The molecule has 1 aromatic rings. The first kappa shape index (κ1) is 12.1. The van der Waals surface area contributed by atoms with Gasteiger partial charge in [0, 0.05) is 11.4 Å². The van der Waals surface area contributed by atoms with E-state index in [-0.39, 0.29) is 0 Å². The molecule has 14 heavy (non-hydrogen) atoms. The zero-order valence-corrected chi connectivity index (χ0v) is 10.6. The quantitative estimate of drug-likeness (QED) is 0.720.